The van der Waals surface area contributed by atoms with Gasteiger partial charge in [0.05, 0.1) is 18.6 Å². The number of ether oxygens (including phenoxy) is 2. The summed E-state index contributed by atoms with van der Waals surface area (Å²) in [5, 5.41) is -1.08. The molecule has 7 heteroatoms. The minimum absolute atomic E-state index is 0.130. The number of hydrogen-bond donors (Lipinski definition) is 1. The fraction of sp³-hybridized carbons (Fsp3) is 0.316. The first-order chi connectivity index (χ1) is 12.4. The highest BCUT2D eigenvalue weighted by molar-refractivity contribution is 7.92. The maximum absolute atomic E-state index is 13.1. The molecular weight excluding hydrogens is 354 g/mol. The molecule has 2 aromatic carbocycles. The fourth-order valence-corrected chi connectivity index (χ4v) is 5.58. The number of rotatable bonds is 6. The molecular formula is C19H21NO5S. The van der Waals surface area contributed by atoms with Gasteiger partial charge in [-0.25, -0.2) is 13.2 Å². The number of methoxy groups -OCH3 is 1. The van der Waals surface area contributed by atoms with Crippen molar-refractivity contribution in [3.8, 4) is 5.75 Å². The maximum atomic E-state index is 13.1. The molecule has 2 N–H and O–H groups in total. The minimum Gasteiger partial charge on any atom is -0.497 e. The van der Waals surface area contributed by atoms with Gasteiger partial charge < -0.3 is 15.2 Å². The van der Waals surface area contributed by atoms with E-state index in [0.717, 1.165) is 0 Å². The smallest absolute Gasteiger partial charge is 0.328 e. The lowest BCUT2D eigenvalue weighted by atomic mass is 10.1. The highest BCUT2D eigenvalue weighted by atomic mass is 32.2. The summed E-state index contributed by atoms with van der Waals surface area (Å²) in [6, 6.07) is 14.9. The van der Waals surface area contributed by atoms with E-state index in [1.54, 1.807) is 56.5 Å². The Bertz CT molecular complexity index is 895. The summed E-state index contributed by atoms with van der Waals surface area (Å²) in [6.07, 6.45) is 0. The standard InChI is InChI=1S/C19H21NO5S/c1-3-25-18(21)19(20)16(13-9-11-14(24-2)12-10-13)17(19)26(22,23)15-7-5-4-6-8-15/h4-12,16-17H,3,20H2,1-2H3/t16-,17+,19-/m0/s1. The maximum Gasteiger partial charge on any atom is 0.328 e. The Hall–Kier alpha value is -2.38. The SMILES string of the molecule is CCOC(=O)[C@@]1(N)[C@H](S(=O)(=O)c2ccccc2)[C@@H]1c1ccc(OC)cc1. The minimum atomic E-state index is -3.81. The number of carbonyl (C=O) groups excluding carboxylic acids is 1. The van der Waals surface area contributed by atoms with E-state index in [-0.39, 0.29) is 11.5 Å². The lowest BCUT2D eigenvalue weighted by Crippen LogP contribution is -2.41. The van der Waals surface area contributed by atoms with E-state index in [1.807, 2.05) is 0 Å². The molecule has 0 unspecified atom stereocenters. The summed E-state index contributed by atoms with van der Waals surface area (Å²) in [5.74, 6) is -0.751. The highest BCUT2D eigenvalue weighted by Gasteiger charge is 2.74. The van der Waals surface area contributed by atoms with Gasteiger partial charge in [0, 0.05) is 5.92 Å². The van der Waals surface area contributed by atoms with Crippen molar-refractivity contribution in [2.24, 2.45) is 5.73 Å². The summed E-state index contributed by atoms with van der Waals surface area (Å²) in [6.45, 7) is 1.79. The molecule has 0 bridgehead atoms. The predicted molar refractivity (Wildman–Crippen MR) is 96.7 cm³/mol. The predicted octanol–water partition coefficient (Wildman–Crippen LogP) is 1.90. The molecule has 0 aliphatic heterocycles. The third kappa shape index (κ3) is 2.87. The third-order valence-electron chi connectivity index (χ3n) is 4.69. The van der Waals surface area contributed by atoms with E-state index in [2.05, 4.69) is 0 Å². The van der Waals surface area contributed by atoms with Crippen molar-refractivity contribution in [3.63, 3.8) is 0 Å². The van der Waals surface area contributed by atoms with Gasteiger partial charge in [0.2, 0.25) is 0 Å². The average Bonchev–Trinajstić information content (AvgIpc) is 3.31. The molecule has 0 spiro atoms. The summed E-state index contributed by atoms with van der Waals surface area (Å²) >= 11 is 0. The Kier molecular flexibility index (Phi) is 4.77. The average molecular weight is 375 g/mol. The second-order valence-electron chi connectivity index (χ2n) is 6.18. The number of hydrogen-bond acceptors (Lipinski definition) is 6. The molecule has 1 fully saturated rings. The summed E-state index contributed by atoms with van der Waals surface area (Å²) < 4.78 is 36.4. The van der Waals surface area contributed by atoms with Gasteiger partial charge in [-0.2, -0.15) is 0 Å². The van der Waals surface area contributed by atoms with Crippen LogP contribution in [-0.4, -0.2) is 38.9 Å². The van der Waals surface area contributed by atoms with Crippen LogP contribution in [0.4, 0.5) is 0 Å². The number of esters is 1. The second-order valence-corrected chi connectivity index (χ2v) is 8.25. The van der Waals surface area contributed by atoms with Crippen LogP contribution in [0.25, 0.3) is 0 Å². The Labute approximate surface area is 152 Å². The lowest BCUT2D eigenvalue weighted by Gasteiger charge is -2.11. The molecule has 0 amide bonds. The molecule has 0 saturated heterocycles. The Morgan fingerprint density at radius 1 is 1.12 bits per heavy atom. The Balaban J connectivity index is 2.04. The van der Waals surface area contributed by atoms with Crippen molar-refractivity contribution >= 4 is 15.8 Å². The largest absolute Gasteiger partial charge is 0.497 e. The molecule has 26 heavy (non-hydrogen) atoms. The van der Waals surface area contributed by atoms with Crippen LogP contribution < -0.4 is 10.5 Å². The van der Waals surface area contributed by atoms with Gasteiger partial charge in [-0.3, -0.25) is 0 Å². The molecule has 0 aromatic heterocycles. The van der Waals surface area contributed by atoms with Crippen LogP contribution in [0.2, 0.25) is 0 Å². The Morgan fingerprint density at radius 3 is 2.27 bits per heavy atom. The van der Waals surface area contributed by atoms with Gasteiger partial charge in [0.1, 0.15) is 16.5 Å². The monoisotopic (exact) mass is 375 g/mol. The number of carbonyl (C=O) groups is 1. The topological polar surface area (TPSA) is 95.7 Å². The normalized spacial score (nSPS) is 24.7. The molecule has 0 heterocycles. The van der Waals surface area contributed by atoms with E-state index in [1.165, 1.54) is 12.1 Å². The molecule has 1 aliphatic carbocycles. The zero-order valence-corrected chi connectivity index (χ0v) is 15.4. The van der Waals surface area contributed by atoms with E-state index in [9.17, 15) is 13.2 Å². The van der Waals surface area contributed by atoms with Crippen LogP contribution in [-0.2, 0) is 19.4 Å². The van der Waals surface area contributed by atoms with E-state index in [0.29, 0.717) is 11.3 Å². The van der Waals surface area contributed by atoms with E-state index < -0.39 is 32.5 Å². The first-order valence-corrected chi connectivity index (χ1v) is 9.81. The Morgan fingerprint density at radius 2 is 1.73 bits per heavy atom. The van der Waals surface area contributed by atoms with Gasteiger partial charge in [0.25, 0.3) is 0 Å². The van der Waals surface area contributed by atoms with Crippen molar-refractivity contribution in [1.82, 2.24) is 0 Å². The van der Waals surface area contributed by atoms with Crippen LogP contribution in [0.1, 0.15) is 18.4 Å². The van der Waals surface area contributed by atoms with E-state index in [4.69, 9.17) is 15.2 Å². The van der Waals surface area contributed by atoms with Gasteiger partial charge in [-0.1, -0.05) is 30.3 Å². The first-order valence-electron chi connectivity index (χ1n) is 8.26. The fourth-order valence-electron chi connectivity index (χ4n) is 3.33. The van der Waals surface area contributed by atoms with Crippen molar-refractivity contribution in [2.45, 2.75) is 28.5 Å². The molecule has 0 radical (unpaired) electrons. The molecule has 1 aliphatic rings. The number of sulfone groups is 1. The number of benzene rings is 2. The van der Waals surface area contributed by atoms with Crippen molar-refractivity contribution < 1.29 is 22.7 Å². The molecule has 2 aromatic rings. The van der Waals surface area contributed by atoms with Crippen molar-refractivity contribution in [3.05, 3.63) is 60.2 Å². The molecule has 138 valence electrons. The van der Waals surface area contributed by atoms with Gasteiger partial charge in [0.15, 0.2) is 9.84 Å². The third-order valence-corrected chi connectivity index (χ3v) is 6.95. The molecule has 1 saturated carbocycles. The first kappa shape index (κ1) is 18.4. The summed E-state index contributed by atoms with van der Waals surface area (Å²) in [5.41, 5.74) is 5.35. The van der Waals surface area contributed by atoms with Crippen LogP contribution in [0.15, 0.2) is 59.5 Å². The zero-order chi connectivity index (χ0) is 18.9. The highest BCUT2D eigenvalue weighted by Crippen LogP contribution is 2.56. The molecule has 3 atom stereocenters. The van der Waals surface area contributed by atoms with Crippen LogP contribution in [0.5, 0.6) is 5.75 Å². The molecule has 3 rings (SSSR count). The van der Waals surface area contributed by atoms with Crippen LogP contribution in [0.3, 0.4) is 0 Å². The van der Waals surface area contributed by atoms with Gasteiger partial charge >= 0.3 is 5.97 Å². The summed E-state index contributed by atoms with van der Waals surface area (Å²) in [4.78, 5) is 12.6. The number of nitrogens with two attached hydrogens (primary N) is 1. The van der Waals surface area contributed by atoms with Gasteiger partial charge in [-0.15, -0.1) is 0 Å². The molecule has 6 nitrogen and oxygen atoms in total. The van der Waals surface area contributed by atoms with Crippen molar-refractivity contribution in [1.29, 1.82) is 0 Å². The van der Waals surface area contributed by atoms with Crippen LogP contribution in [0, 0.1) is 0 Å². The van der Waals surface area contributed by atoms with Gasteiger partial charge in [-0.05, 0) is 36.8 Å². The van der Waals surface area contributed by atoms with Crippen LogP contribution >= 0.6 is 0 Å². The lowest BCUT2D eigenvalue weighted by molar-refractivity contribution is -0.145. The zero-order valence-electron chi connectivity index (χ0n) is 14.6. The second kappa shape index (κ2) is 6.74. The van der Waals surface area contributed by atoms with E-state index >= 15 is 0 Å². The quantitative estimate of drug-likeness (QED) is 0.775. The summed E-state index contributed by atoms with van der Waals surface area (Å²) in [7, 11) is -2.26. The van der Waals surface area contributed by atoms with Crippen molar-refractivity contribution in [2.75, 3.05) is 13.7 Å².